The zero-order valence-corrected chi connectivity index (χ0v) is 16.7. The van der Waals surface area contributed by atoms with Crippen LogP contribution in [-0.2, 0) is 21.2 Å². The number of hydrogen-bond donors (Lipinski definition) is 1. The van der Waals surface area contributed by atoms with Crippen LogP contribution >= 0.6 is 0 Å². The first-order valence-electron chi connectivity index (χ1n) is 8.97. The number of anilines is 1. The molecule has 0 saturated heterocycles. The molecule has 28 heavy (non-hydrogen) atoms. The van der Waals surface area contributed by atoms with Crippen molar-refractivity contribution >= 4 is 27.6 Å². The molecule has 0 bridgehead atoms. The fourth-order valence-electron chi connectivity index (χ4n) is 2.67. The molecule has 0 aliphatic rings. The summed E-state index contributed by atoms with van der Waals surface area (Å²) in [6, 6.07) is 12.2. The smallest absolute Gasteiger partial charge is 0.261 e. The molecular weight excluding hydrogens is 380 g/mol. The lowest BCUT2D eigenvalue weighted by Crippen LogP contribution is -2.30. The fraction of sp³-hybridized carbons (Fsp3) is 0.300. The van der Waals surface area contributed by atoms with Crippen molar-refractivity contribution in [2.75, 3.05) is 17.8 Å². The van der Waals surface area contributed by atoms with E-state index in [9.17, 15) is 23.1 Å². The SMILES string of the molecule is CCN(CC)C(=O)c1ccc(NS(=O)(=O)c2ccc(CCC(=O)[O-])cc2)cc1. The minimum Gasteiger partial charge on any atom is -0.550 e. The number of amides is 1. The lowest BCUT2D eigenvalue weighted by molar-refractivity contribution is -0.305. The van der Waals surface area contributed by atoms with Gasteiger partial charge in [-0.15, -0.1) is 0 Å². The molecule has 0 aliphatic carbocycles. The van der Waals surface area contributed by atoms with Crippen LogP contribution in [0.2, 0.25) is 0 Å². The topological polar surface area (TPSA) is 107 Å². The van der Waals surface area contributed by atoms with Crippen molar-refractivity contribution in [3.05, 3.63) is 59.7 Å². The van der Waals surface area contributed by atoms with E-state index in [1.165, 1.54) is 12.1 Å². The van der Waals surface area contributed by atoms with Gasteiger partial charge in [0, 0.05) is 30.3 Å². The lowest BCUT2D eigenvalue weighted by Gasteiger charge is -2.18. The third-order valence-corrected chi connectivity index (χ3v) is 5.68. The molecule has 8 heteroatoms. The molecule has 0 spiro atoms. The Balaban J connectivity index is 2.09. The van der Waals surface area contributed by atoms with Crippen molar-refractivity contribution in [2.45, 2.75) is 31.6 Å². The van der Waals surface area contributed by atoms with E-state index in [1.54, 1.807) is 41.3 Å². The molecule has 0 unspecified atom stereocenters. The quantitative estimate of drug-likeness (QED) is 0.685. The number of rotatable bonds is 9. The Morgan fingerprint density at radius 2 is 1.54 bits per heavy atom. The Morgan fingerprint density at radius 1 is 0.964 bits per heavy atom. The zero-order valence-electron chi connectivity index (χ0n) is 15.8. The number of benzene rings is 2. The van der Waals surface area contributed by atoms with Gasteiger partial charge in [0.05, 0.1) is 4.90 Å². The van der Waals surface area contributed by atoms with E-state index in [0.717, 1.165) is 0 Å². The predicted octanol–water partition coefficient (Wildman–Crippen LogP) is 1.65. The molecule has 7 nitrogen and oxygen atoms in total. The van der Waals surface area contributed by atoms with Crippen LogP contribution < -0.4 is 9.83 Å². The van der Waals surface area contributed by atoms with Crippen LogP contribution in [0.4, 0.5) is 5.69 Å². The van der Waals surface area contributed by atoms with Crippen LogP contribution in [0, 0.1) is 0 Å². The summed E-state index contributed by atoms with van der Waals surface area (Å²) in [4.78, 5) is 24.5. The molecule has 2 rings (SSSR count). The van der Waals surface area contributed by atoms with Gasteiger partial charge in [-0.3, -0.25) is 9.52 Å². The van der Waals surface area contributed by atoms with E-state index >= 15 is 0 Å². The molecule has 2 aromatic rings. The van der Waals surface area contributed by atoms with Crippen molar-refractivity contribution in [2.24, 2.45) is 0 Å². The highest BCUT2D eigenvalue weighted by Crippen LogP contribution is 2.18. The molecule has 1 N–H and O–H groups in total. The standard InChI is InChI=1S/C20H24N2O5S/c1-3-22(4-2)20(25)16-8-10-17(11-9-16)21-28(26,27)18-12-5-15(6-13-18)7-14-19(23)24/h5-6,8-13,21H,3-4,7,14H2,1-2H3,(H,23,24)/p-1. The van der Waals surface area contributed by atoms with Crippen LogP contribution in [0.25, 0.3) is 0 Å². The lowest BCUT2D eigenvalue weighted by atomic mass is 10.1. The van der Waals surface area contributed by atoms with Crippen LogP contribution in [0.15, 0.2) is 53.4 Å². The summed E-state index contributed by atoms with van der Waals surface area (Å²) < 4.78 is 27.5. The van der Waals surface area contributed by atoms with Gasteiger partial charge in [0.2, 0.25) is 0 Å². The van der Waals surface area contributed by atoms with E-state index in [4.69, 9.17) is 0 Å². The number of nitrogens with one attached hydrogen (secondary N) is 1. The van der Waals surface area contributed by atoms with Crippen molar-refractivity contribution < 1.29 is 23.1 Å². The number of carboxylic acids is 1. The average Bonchev–Trinajstić information content (AvgIpc) is 2.68. The maximum absolute atomic E-state index is 12.5. The van der Waals surface area contributed by atoms with Gasteiger partial charge in [0.1, 0.15) is 0 Å². The first-order valence-corrected chi connectivity index (χ1v) is 10.5. The summed E-state index contributed by atoms with van der Waals surface area (Å²) in [7, 11) is -3.79. The Hall–Kier alpha value is -2.87. The molecule has 0 fully saturated rings. The molecule has 1 amide bonds. The van der Waals surface area contributed by atoms with Gasteiger partial charge in [-0.2, -0.15) is 0 Å². The fourth-order valence-corrected chi connectivity index (χ4v) is 3.73. The second-order valence-electron chi connectivity index (χ2n) is 6.18. The maximum atomic E-state index is 12.5. The van der Waals surface area contributed by atoms with E-state index in [0.29, 0.717) is 29.9 Å². The number of carboxylic acid groups (broad SMARTS) is 1. The number of carbonyl (C=O) groups is 2. The number of carbonyl (C=O) groups excluding carboxylic acids is 2. The van der Waals surface area contributed by atoms with Gasteiger partial charge in [0.25, 0.3) is 15.9 Å². The molecule has 0 radical (unpaired) electrons. The second kappa shape index (κ2) is 9.36. The summed E-state index contributed by atoms with van der Waals surface area (Å²) in [5.41, 5.74) is 1.54. The summed E-state index contributed by atoms with van der Waals surface area (Å²) >= 11 is 0. The number of hydrogen-bond acceptors (Lipinski definition) is 5. The van der Waals surface area contributed by atoms with Crippen LogP contribution in [-0.4, -0.2) is 38.3 Å². The average molecular weight is 403 g/mol. The van der Waals surface area contributed by atoms with E-state index in [1.807, 2.05) is 13.8 Å². The van der Waals surface area contributed by atoms with Gasteiger partial charge >= 0.3 is 0 Å². The van der Waals surface area contributed by atoms with E-state index < -0.39 is 16.0 Å². The van der Waals surface area contributed by atoms with Gasteiger partial charge in [-0.05, 0) is 68.7 Å². The summed E-state index contributed by atoms with van der Waals surface area (Å²) in [5, 5.41) is 10.5. The number of sulfonamides is 1. The molecule has 0 aliphatic heterocycles. The monoisotopic (exact) mass is 403 g/mol. The summed E-state index contributed by atoms with van der Waals surface area (Å²) in [5.74, 6) is -1.26. The molecule has 2 aromatic carbocycles. The molecular formula is C20H23N2O5S-. The normalized spacial score (nSPS) is 11.1. The Labute approximate surface area is 165 Å². The van der Waals surface area contributed by atoms with Crippen molar-refractivity contribution in [3.8, 4) is 0 Å². The molecule has 150 valence electrons. The highest BCUT2D eigenvalue weighted by molar-refractivity contribution is 7.92. The highest BCUT2D eigenvalue weighted by atomic mass is 32.2. The Bertz CT molecular complexity index is 918. The first-order chi connectivity index (χ1) is 13.3. The zero-order chi connectivity index (χ0) is 20.7. The summed E-state index contributed by atoms with van der Waals surface area (Å²) in [6.07, 6.45) is 0.154. The Kier molecular flexibility index (Phi) is 7.17. The van der Waals surface area contributed by atoms with Gasteiger partial charge in [0.15, 0.2) is 0 Å². The highest BCUT2D eigenvalue weighted by Gasteiger charge is 2.16. The van der Waals surface area contributed by atoms with Gasteiger partial charge < -0.3 is 14.8 Å². The van der Waals surface area contributed by atoms with Crippen molar-refractivity contribution in [1.82, 2.24) is 4.90 Å². The van der Waals surface area contributed by atoms with Crippen molar-refractivity contribution in [3.63, 3.8) is 0 Å². The molecule has 0 aromatic heterocycles. The van der Waals surface area contributed by atoms with Crippen molar-refractivity contribution in [1.29, 1.82) is 0 Å². The third kappa shape index (κ3) is 5.56. The van der Waals surface area contributed by atoms with Gasteiger partial charge in [-0.1, -0.05) is 12.1 Å². The molecule has 0 saturated carbocycles. The molecule has 0 atom stereocenters. The summed E-state index contributed by atoms with van der Waals surface area (Å²) in [6.45, 7) is 4.99. The largest absolute Gasteiger partial charge is 0.550 e. The maximum Gasteiger partial charge on any atom is 0.261 e. The van der Waals surface area contributed by atoms with Crippen LogP contribution in [0.1, 0.15) is 36.2 Å². The van der Waals surface area contributed by atoms with Crippen LogP contribution in [0.5, 0.6) is 0 Å². The minimum absolute atomic E-state index is 0.0630. The Morgan fingerprint density at radius 3 is 2.04 bits per heavy atom. The predicted molar refractivity (Wildman–Crippen MR) is 104 cm³/mol. The second-order valence-corrected chi connectivity index (χ2v) is 7.86. The first kappa shape index (κ1) is 21.4. The number of aliphatic carboxylic acids is 1. The number of nitrogens with zero attached hydrogens (tertiary/aromatic N) is 1. The third-order valence-electron chi connectivity index (χ3n) is 4.29. The molecule has 0 heterocycles. The van der Waals surface area contributed by atoms with E-state index in [2.05, 4.69) is 4.72 Å². The van der Waals surface area contributed by atoms with Gasteiger partial charge in [-0.25, -0.2) is 8.42 Å². The minimum atomic E-state index is -3.79. The van der Waals surface area contributed by atoms with E-state index in [-0.39, 0.29) is 23.6 Å². The van der Waals surface area contributed by atoms with Crippen LogP contribution in [0.3, 0.4) is 0 Å². The number of aryl methyl sites for hydroxylation is 1.